The summed E-state index contributed by atoms with van der Waals surface area (Å²) >= 11 is 0. The maximum absolute atomic E-state index is 15.6. The van der Waals surface area contributed by atoms with Crippen molar-refractivity contribution in [1.29, 1.82) is 0 Å². The van der Waals surface area contributed by atoms with E-state index < -0.39 is 23.6 Å². The largest absolute Gasteiger partial charge is 0.412 e. The highest BCUT2D eigenvalue weighted by molar-refractivity contribution is 5.55. The Balaban J connectivity index is 1.54. The summed E-state index contributed by atoms with van der Waals surface area (Å²) in [6, 6.07) is -0.600. The first-order chi connectivity index (χ1) is 16.1. The molecule has 3 heterocycles. The van der Waals surface area contributed by atoms with Crippen molar-refractivity contribution in [3.8, 4) is 0 Å². The van der Waals surface area contributed by atoms with E-state index in [0.717, 1.165) is 43.2 Å². The number of nitrogens with two attached hydrogens (primary N) is 1. The molecular weight excluding hydrogens is 448 g/mol. The minimum absolute atomic E-state index is 0.0284. The number of nitrogens with one attached hydrogen (secondary N) is 2. The molecule has 2 fully saturated rings. The number of aromatic nitrogens is 2. The van der Waals surface area contributed by atoms with Gasteiger partial charge in [0.25, 0.3) is 0 Å². The van der Waals surface area contributed by atoms with Gasteiger partial charge in [-0.1, -0.05) is 25.3 Å². The molecule has 3 atom stereocenters. The standard InChI is InChI=1S/C24H30F4N6/c1-14(29)19(12-17-9-10-30-15(17)2)33-22-21(25)23(32-13-31-22)34-11-3-4-20(34)16-5-7-18(8-6-16)24(26,27)28/h5,7,13,17,19-20,30H,1-4,6,8-12,29H2,(H,31,32,33). The molecule has 10 heteroatoms. The van der Waals surface area contributed by atoms with Crippen molar-refractivity contribution in [3.05, 3.63) is 60.0 Å². The number of nitrogens with zero attached hydrogens (tertiary/aromatic N) is 3. The Morgan fingerprint density at radius 1 is 1.26 bits per heavy atom. The van der Waals surface area contributed by atoms with Gasteiger partial charge in [-0.05, 0) is 44.1 Å². The Labute approximate surface area is 196 Å². The molecule has 4 N–H and O–H groups in total. The van der Waals surface area contributed by atoms with Crippen LogP contribution < -0.4 is 21.3 Å². The molecule has 34 heavy (non-hydrogen) atoms. The van der Waals surface area contributed by atoms with Crippen LogP contribution in [0.3, 0.4) is 0 Å². The number of hydrogen-bond acceptors (Lipinski definition) is 6. The van der Waals surface area contributed by atoms with Gasteiger partial charge in [-0.25, -0.2) is 9.97 Å². The number of alkyl halides is 3. The number of allylic oxidation sites excluding steroid dienone is 4. The molecule has 0 spiro atoms. The third-order valence-corrected chi connectivity index (χ3v) is 6.89. The van der Waals surface area contributed by atoms with E-state index in [1.807, 2.05) is 4.90 Å². The van der Waals surface area contributed by atoms with Crippen molar-refractivity contribution in [1.82, 2.24) is 15.3 Å². The van der Waals surface area contributed by atoms with Crippen LogP contribution in [0.15, 0.2) is 54.2 Å². The molecule has 4 rings (SSSR count). The zero-order chi connectivity index (χ0) is 24.5. The van der Waals surface area contributed by atoms with E-state index >= 15 is 4.39 Å². The van der Waals surface area contributed by atoms with Crippen LogP contribution in [0.25, 0.3) is 0 Å². The SMILES string of the molecule is C=C1NCCC1CC(Nc1ncnc(N2CCCC2C2=CC=C(C(F)(F)F)CC2)c1F)C(=C)N. The lowest BCUT2D eigenvalue weighted by Crippen LogP contribution is -2.34. The Bertz CT molecular complexity index is 1020. The van der Waals surface area contributed by atoms with E-state index in [2.05, 4.69) is 33.8 Å². The van der Waals surface area contributed by atoms with Crippen LogP contribution in [0.4, 0.5) is 29.2 Å². The van der Waals surface area contributed by atoms with Gasteiger partial charge in [-0.2, -0.15) is 17.6 Å². The molecule has 0 radical (unpaired) electrons. The van der Waals surface area contributed by atoms with Crippen molar-refractivity contribution < 1.29 is 17.6 Å². The van der Waals surface area contributed by atoms with Crippen molar-refractivity contribution in [3.63, 3.8) is 0 Å². The minimum atomic E-state index is -4.32. The summed E-state index contributed by atoms with van der Waals surface area (Å²) in [5.41, 5.74) is 7.63. The van der Waals surface area contributed by atoms with Gasteiger partial charge in [0.1, 0.15) is 6.33 Å². The van der Waals surface area contributed by atoms with Crippen LogP contribution in [0.1, 0.15) is 38.5 Å². The van der Waals surface area contributed by atoms with Gasteiger partial charge >= 0.3 is 6.18 Å². The Morgan fingerprint density at radius 2 is 2.06 bits per heavy atom. The number of hydrogen-bond donors (Lipinski definition) is 3. The second kappa shape index (κ2) is 9.68. The predicted molar refractivity (Wildman–Crippen MR) is 124 cm³/mol. The second-order valence-electron chi connectivity index (χ2n) is 9.09. The summed E-state index contributed by atoms with van der Waals surface area (Å²) in [4.78, 5) is 10.1. The van der Waals surface area contributed by atoms with Gasteiger partial charge in [0, 0.05) is 36.0 Å². The monoisotopic (exact) mass is 478 g/mol. The summed E-state index contributed by atoms with van der Waals surface area (Å²) in [7, 11) is 0. The topological polar surface area (TPSA) is 79.1 Å². The summed E-state index contributed by atoms with van der Waals surface area (Å²) in [6.45, 7) is 9.26. The van der Waals surface area contributed by atoms with E-state index in [4.69, 9.17) is 5.73 Å². The van der Waals surface area contributed by atoms with Gasteiger partial charge in [-0.3, -0.25) is 0 Å². The lowest BCUT2D eigenvalue weighted by molar-refractivity contribution is -0.0941. The van der Waals surface area contributed by atoms with Gasteiger partial charge in [0.2, 0.25) is 5.82 Å². The molecule has 0 amide bonds. The minimum Gasteiger partial charge on any atom is -0.401 e. The van der Waals surface area contributed by atoms with Crippen LogP contribution in [0, 0.1) is 11.7 Å². The molecule has 184 valence electrons. The van der Waals surface area contributed by atoms with Gasteiger partial charge < -0.3 is 21.3 Å². The maximum atomic E-state index is 15.6. The van der Waals surface area contributed by atoms with E-state index in [1.165, 1.54) is 12.4 Å². The molecule has 0 aromatic carbocycles. The lowest BCUT2D eigenvalue weighted by Gasteiger charge is -2.30. The number of anilines is 2. The van der Waals surface area contributed by atoms with Crippen molar-refractivity contribution in [2.75, 3.05) is 23.3 Å². The highest BCUT2D eigenvalue weighted by Gasteiger charge is 2.37. The third kappa shape index (κ3) is 5.05. The fourth-order valence-corrected chi connectivity index (χ4v) is 4.97. The summed E-state index contributed by atoms with van der Waals surface area (Å²) < 4.78 is 54.6. The molecule has 2 aliphatic heterocycles. The normalized spacial score (nSPS) is 23.9. The second-order valence-corrected chi connectivity index (χ2v) is 9.09. The Morgan fingerprint density at radius 3 is 2.68 bits per heavy atom. The molecule has 0 saturated carbocycles. The Kier molecular flexibility index (Phi) is 6.86. The highest BCUT2D eigenvalue weighted by Crippen LogP contribution is 2.38. The summed E-state index contributed by atoms with van der Waals surface area (Å²) in [6.07, 6.45) is 2.91. The molecule has 1 aliphatic carbocycles. The quantitative estimate of drug-likeness (QED) is 0.499. The lowest BCUT2D eigenvalue weighted by atomic mass is 9.92. The fraction of sp³-hybridized carbons (Fsp3) is 0.500. The first-order valence-corrected chi connectivity index (χ1v) is 11.5. The van der Waals surface area contributed by atoms with Crippen molar-refractivity contribution in [2.24, 2.45) is 11.7 Å². The molecule has 3 unspecified atom stereocenters. The molecule has 6 nitrogen and oxygen atoms in total. The van der Waals surface area contributed by atoms with Crippen LogP contribution in [0.5, 0.6) is 0 Å². The van der Waals surface area contributed by atoms with Gasteiger partial charge in [0.05, 0.1) is 12.1 Å². The molecule has 3 aliphatic rings. The molecule has 1 aromatic rings. The number of halogens is 4. The maximum Gasteiger partial charge on any atom is 0.412 e. The zero-order valence-corrected chi connectivity index (χ0v) is 19.0. The first kappa shape index (κ1) is 24.1. The van der Waals surface area contributed by atoms with E-state index in [-0.39, 0.29) is 30.0 Å². The summed E-state index contributed by atoms with van der Waals surface area (Å²) in [5.74, 6) is -0.245. The van der Waals surface area contributed by atoms with Crippen LogP contribution in [0.2, 0.25) is 0 Å². The van der Waals surface area contributed by atoms with E-state index in [0.29, 0.717) is 25.1 Å². The molecule has 0 bridgehead atoms. The zero-order valence-electron chi connectivity index (χ0n) is 19.0. The molecule has 1 aromatic heterocycles. The average molecular weight is 479 g/mol. The van der Waals surface area contributed by atoms with Crippen molar-refractivity contribution >= 4 is 11.6 Å². The smallest absolute Gasteiger partial charge is 0.401 e. The first-order valence-electron chi connectivity index (χ1n) is 11.5. The van der Waals surface area contributed by atoms with Crippen LogP contribution in [-0.2, 0) is 0 Å². The van der Waals surface area contributed by atoms with Crippen LogP contribution in [-0.4, -0.2) is 41.3 Å². The van der Waals surface area contributed by atoms with Gasteiger partial charge in [-0.15, -0.1) is 0 Å². The highest BCUT2D eigenvalue weighted by atomic mass is 19.4. The van der Waals surface area contributed by atoms with E-state index in [1.54, 1.807) is 0 Å². The predicted octanol–water partition coefficient (Wildman–Crippen LogP) is 4.56. The number of rotatable bonds is 7. The van der Waals surface area contributed by atoms with E-state index in [9.17, 15) is 13.2 Å². The van der Waals surface area contributed by atoms with Crippen molar-refractivity contribution in [2.45, 2.75) is 56.8 Å². The van der Waals surface area contributed by atoms with Crippen LogP contribution >= 0.6 is 0 Å². The Hall–Kier alpha value is -3.04. The average Bonchev–Trinajstić information content (AvgIpc) is 3.43. The molecular formula is C24H30F4N6. The third-order valence-electron chi connectivity index (χ3n) is 6.89. The fourth-order valence-electron chi connectivity index (χ4n) is 4.97. The summed E-state index contributed by atoms with van der Waals surface area (Å²) in [5, 5.41) is 6.29. The van der Waals surface area contributed by atoms with Gasteiger partial charge in [0.15, 0.2) is 11.6 Å². The molecule has 2 saturated heterocycles.